The van der Waals surface area contributed by atoms with Crippen LogP contribution in [0.25, 0.3) is 16.7 Å². The molecule has 0 aromatic carbocycles. The van der Waals surface area contributed by atoms with E-state index in [2.05, 4.69) is 15.4 Å². The second kappa shape index (κ2) is 6.01. The van der Waals surface area contributed by atoms with Crippen molar-refractivity contribution in [3.63, 3.8) is 0 Å². The number of carbonyl (C=O) groups excluding carboxylic acids is 1. The van der Waals surface area contributed by atoms with Crippen molar-refractivity contribution < 1.29 is 9.53 Å². The Morgan fingerprint density at radius 1 is 1.38 bits per heavy atom. The van der Waals surface area contributed by atoms with Gasteiger partial charge >= 0.3 is 0 Å². The van der Waals surface area contributed by atoms with E-state index in [1.54, 1.807) is 23.1 Å². The van der Waals surface area contributed by atoms with Crippen LogP contribution in [0, 0.1) is 0 Å². The van der Waals surface area contributed by atoms with Crippen LogP contribution in [0.4, 0.5) is 5.82 Å². The molecule has 3 aromatic heterocycles. The molecule has 4 rings (SSSR count). The number of amides is 1. The Bertz CT molecular complexity index is 899. The molecule has 3 aromatic rings. The van der Waals surface area contributed by atoms with E-state index in [9.17, 15) is 4.79 Å². The first-order chi connectivity index (χ1) is 11.7. The number of nitrogens with zero attached hydrogens (tertiary/aromatic N) is 4. The van der Waals surface area contributed by atoms with Crippen LogP contribution in [0.15, 0.2) is 36.7 Å². The van der Waals surface area contributed by atoms with Crippen molar-refractivity contribution in [3.8, 4) is 5.82 Å². The number of carbonyl (C=O) groups is 1. The topological polar surface area (TPSA) is 81.9 Å². The van der Waals surface area contributed by atoms with Crippen LogP contribution in [0.2, 0.25) is 0 Å². The Hall–Kier alpha value is -2.80. The summed E-state index contributed by atoms with van der Waals surface area (Å²) in [6.45, 7) is 2.96. The molecule has 4 heterocycles. The first-order valence-corrected chi connectivity index (χ1v) is 7.87. The molecular formula is C17H17N5O2. The molecule has 1 saturated heterocycles. The SMILES string of the molecule is CC(=O)Nc1cc2c(cn1)cnn2-c1cccc(C2CCOC2)n1. The van der Waals surface area contributed by atoms with Crippen LogP contribution < -0.4 is 5.32 Å². The molecule has 0 spiro atoms. The number of aromatic nitrogens is 4. The molecular weight excluding hydrogens is 306 g/mol. The summed E-state index contributed by atoms with van der Waals surface area (Å²) in [4.78, 5) is 20.2. The zero-order valence-electron chi connectivity index (χ0n) is 13.3. The van der Waals surface area contributed by atoms with Crippen LogP contribution in [-0.4, -0.2) is 38.9 Å². The average Bonchev–Trinajstić information content (AvgIpc) is 3.24. The molecule has 1 fully saturated rings. The van der Waals surface area contributed by atoms with Gasteiger partial charge in [0.15, 0.2) is 5.82 Å². The predicted octanol–water partition coefficient (Wildman–Crippen LogP) is 2.28. The average molecular weight is 323 g/mol. The molecule has 0 bridgehead atoms. The predicted molar refractivity (Wildman–Crippen MR) is 89.1 cm³/mol. The maximum absolute atomic E-state index is 11.2. The molecule has 0 radical (unpaired) electrons. The standard InChI is InChI=1S/C17H17N5O2/c1-11(23)20-16-7-15-13(8-18-16)9-19-22(15)17-4-2-3-14(21-17)12-5-6-24-10-12/h2-4,7-9,12H,5-6,10H2,1H3,(H,18,20,23). The molecule has 1 aliphatic heterocycles. The largest absolute Gasteiger partial charge is 0.381 e. The molecule has 7 heteroatoms. The highest BCUT2D eigenvalue weighted by Crippen LogP contribution is 2.25. The van der Waals surface area contributed by atoms with E-state index in [4.69, 9.17) is 9.72 Å². The summed E-state index contributed by atoms with van der Waals surface area (Å²) in [7, 11) is 0. The zero-order valence-corrected chi connectivity index (χ0v) is 13.3. The van der Waals surface area contributed by atoms with Crippen molar-refractivity contribution >= 4 is 22.6 Å². The minimum absolute atomic E-state index is 0.158. The van der Waals surface area contributed by atoms with Gasteiger partial charge in [0.1, 0.15) is 5.82 Å². The van der Waals surface area contributed by atoms with Gasteiger partial charge < -0.3 is 10.1 Å². The third-order valence-corrected chi connectivity index (χ3v) is 4.08. The third kappa shape index (κ3) is 2.74. The first kappa shape index (κ1) is 14.8. The maximum Gasteiger partial charge on any atom is 0.222 e. The van der Waals surface area contributed by atoms with Gasteiger partial charge in [-0.1, -0.05) is 6.07 Å². The minimum atomic E-state index is -0.158. The van der Waals surface area contributed by atoms with Gasteiger partial charge in [-0.3, -0.25) is 4.79 Å². The van der Waals surface area contributed by atoms with Gasteiger partial charge in [-0.15, -0.1) is 0 Å². The number of nitrogens with one attached hydrogen (secondary N) is 1. The third-order valence-electron chi connectivity index (χ3n) is 4.08. The lowest BCUT2D eigenvalue weighted by Gasteiger charge is -2.10. The summed E-state index contributed by atoms with van der Waals surface area (Å²) in [5, 5.41) is 8.01. The van der Waals surface area contributed by atoms with Gasteiger partial charge in [0.05, 0.1) is 18.3 Å². The highest BCUT2D eigenvalue weighted by atomic mass is 16.5. The number of fused-ring (bicyclic) bond motifs is 1. The van der Waals surface area contributed by atoms with E-state index in [0.717, 1.165) is 35.4 Å². The van der Waals surface area contributed by atoms with Crippen LogP contribution in [-0.2, 0) is 9.53 Å². The summed E-state index contributed by atoms with van der Waals surface area (Å²) >= 11 is 0. The van der Waals surface area contributed by atoms with Crippen molar-refractivity contribution in [2.45, 2.75) is 19.3 Å². The van der Waals surface area contributed by atoms with Crippen molar-refractivity contribution in [2.24, 2.45) is 0 Å². The lowest BCUT2D eigenvalue weighted by Crippen LogP contribution is -2.08. The first-order valence-electron chi connectivity index (χ1n) is 7.87. The number of hydrogen-bond acceptors (Lipinski definition) is 5. The smallest absolute Gasteiger partial charge is 0.222 e. The van der Waals surface area contributed by atoms with Crippen LogP contribution in [0.5, 0.6) is 0 Å². The minimum Gasteiger partial charge on any atom is -0.381 e. The molecule has 0 aliphatic carbocycles. The fourth-order valence-electron chi connectivity index (χ4n) is 2.90. The highest BCUT2D eigenvalue weighted by Gasteiger charge is 2.19. The Balaban J connectivity index is 1.75. The van der Waals surface area contributed by atoms with Gasteiger partial charge in [-0.2, -0.15) is 5.10 Å². The molecule has 1 atom stereocenters. The fourth-order valence-corrected chi connectivity index (χ4v) is 2.90. The monoisotopic (exact) mass is 323 g/mol. The van der Waals surface area contributed by atoms with Crippen LogP contribution in [0.3, 0.4) is 0 Å². The van der Waals surface area contributed by atoms with Crippen molar-refractivity contribution in [2.75, 3.05) is 18.5 Å². The lowest BCUT2D eigenvalue weighted by molar-refractivity contribution is -0.114. The second-order valence-electron chi connectivity index (χ2n) is 5.85. The van der Waals surface area contributed by atoms with E-state index in [0.29, 0.717) is 18.3 Å². The fraction of sp³-hybridized carbons (Fsp3) is 0.294. The van der Waals surface area contributed by atoms with E-state index in [1.807, 2.05) is 18.2 Å². The number of pyridine rings is 2. The Labute approximate surface area is 138 Å². The van der Waals surface area contributed by atoms with E-state index in [1.165, 1.54) is 6.92 Å². The summed E-state index contributed by atoms with van der Waals surface area (Å²) in [5.41, 5.74) is 1.87. The Kier molecular flexibility index (Phi) is 3.70. The molecule has 24 heavy (non-hydrogen) atoms. The molecule has 1 amide bonds. The van der Waals surface area contributed by atoms with Crippen molar-refractivity contribution in [1.29, 1.82) is 0 Å². The summed E-state index contributed by atoms with van der Waals surface area (Å²) in [5.74, 6) is 1.42. The van der Waals surface area contributed by atoms with E-state index < -0.39 is 0 Å². The van der Waals surface area contributed by atoms with Crippen LogP contribution in [0.1, 0.15) is 25.0 Å². The second-order valence-corrected chi connectivity index (χ2v) is 5.85. The molecule has 122 valence electrons. The maximum atomic E-state index is 11.2. The Morgan fingerprint density at radius 2 is 2.29 bits per heavy atom. The van der Waals surface area contributed by atoms with Crippen LogP contribution >= 0.6 is 0 Å². The highest BCUT2D eigenvalue weighted by molar-refractivity contribution is 5.90. The van der Waals surface area contributed by atoms with Gasteiger partial charge in [-0.25, -0.2) is 14.6 Å². The van der Waals surface area contributed by atoms with Crippen molar-refractivity contribution in [1.82, 2.24) is 19.7 Å². The molecule has 0 saturated carbocycles. The summed E-state index contributed by atoms with van der Waals surface area (Å²) in [6, 6.07) is 7.74. The summed E-state index contributed by atoms with van der Waals surface area (Å²) in [6.07, 6.45) is 4.43. The number of anilines is 1. The van der Waals surface area contributed by atoms with E-state index in [-0.39, 0.29) is 5.91 Å². The quantitative estimate of drug-likeness (QED) is 0.799. The van der Waals surface area contributed by atoms with Crippen molar-refractivity contribution in [3.05, 3.63) is 42.4 Å². The number of ether oxygens (including phenoxy) is 1. The molecule has 1 unspecified atom stereocenters. The molecule has 1 aliphatic rings. The molecule has 1 N–H and O–H groups in total. The van der Waals surface area contributed by atoms with E-state index >= 15 is 0 Å². The van der Waals surface area contributed by atoms with Gasteiger partial charge in [-0.05, 0) is 18.6 Å². The number of hydrogen-bond donors (Lipinski definition) is 1. The lowest BCUT2D eigenvalue weighted by atomic mass is 10.0. The van der Waals surface area contributed by atoms with Gasteiger partial charge in [0, 0.05) is 42.8 Å². The zero-order chi connectivity index (χ0) is 16.5. The van der Waals surface area contributed by atoms with Gasteiger partial charge in [0.2, 0.25) is 5.91 Å². The molecule has 7 nitrogen and oxygen atoms in total. The Morgan fingerprint density at radius 3 is 3.08 bits per heavy atom. The summed E-state index contributed by atoms with van der Waals surface area (Å²) < 4.78 is 7.22. The number of rotatable bonds is 3. The normalized spacial score (nSPS) is 17.3. The van der Waals surface area contributed by atoms with Gasteiger partial charge in [0.25, 0.3) is 0 Å².